The number of ether oxygens (including phenoxy) is 1. The van der Waals surface area contributed by atoms with Gasteiger partial charge in [-0.2, -0.15) is 0 Å². The quantitative estimate of drug-likeness (QED) is 0.803. The fraction of sp³-hybridized carbons (Fsp3) is 0.615. The van der Waals surface area contributed by atoms with E-state index in [2.05, 4.69) is 22.8 Å². The molecule has 0 spiro atoms. The van der Waals surface area contributed by atoms with E-state index in [0.29, 0.717) is 11.8 Å². The van der Waals surface area contributed by atoms with Crippen molar-refractivity contribution in [2.24, 2.45) is 11.8 Å². The van der Waals surface area contributed by atoms with Gasteiger partial charge in [0, 0.05) is 18.5 Å². The molecule has 1 fully saturated rings. The molecule has 1 saturated carbocycles. The van der Waals surface area contributed by atoms with E-state index >= 15 is 0 Å². The van der Waals surface area contributed by atoms with Gasteiger partial charge in [0.25, 0.3) is 0 Å². The lowest BCUT2D eigenvalue weighted by atomic mass is 9.89. The molecule has 0 aromatic rings. The van der Waals surface area contributed by atoms with Crippen molar-refractivity contribution in [1.82, 2.24) is 10.6 Å². The molecule has 0 aromatic heterocycles. The van der Waals surface area contributed by atoms with Crippen LogP contribution in [0.4, 0.5) is 9.18 Å². The van der Waals surface area contributed by atoms with Crippen molar-refractivity contribution >= 4 is 6.03 Å². The third kappa shape index (κ3) is 2.83. The average Bonchev–Trinajstić information content (AvgIpc) is 2.78. The number of fused-ring (bicyclic) bond motifs is 1. The summed E-state index contributed by atoms with van der Waals surface area (Å²) in [5, 5.41) is 5.39. The zero-order valence-corrected chi connectivity index (χ0v) is 10.5. The number of alkyl halides is 1. The van der Waals surface area contributed by atoms with Crippen molar-refractivity contribution in [1.29, 1.82) is 0 Å². The van der Waals surface area contributed by atoms with Crippen LogP contribution >= 0.6 is 0 Å². The Morgan fingerprint density at radius 1 is 1.56 bits per heavy atom. The molecule has 3 atom stereocenters. The number of hydrogen-bond acceptors (Lipinski definition) is 2. The first-order valence-corrected chi connectivity index (χ1v) is 6.29. The van der Waals surface area contributed by atoms with Gasteiger partial charge in [-0.25, -0.2) is 9.18 Å². The van der Waals surface area contributed by atoms with Gasteiger partial charge in [-0.15, -0.1) is 0 Å². The van der Waals surface area contributed by atoms with Crippen LogP contribution in [0, 0.1) is 11.8 Å². The monoisotopic (exact) mass is 254 g/mol. The first-order chi connectivity index (χ1) is 8.74. The van der Waals surface area contributed by atoms with Crippen LogP contribution in [0.5, 0.6) is 0 Å². The Kier molecular flexibility index (Phi) is 4.23. The number of urea groups is 1. The normalized spacial score (nSPS) is 29.4. The molecule has 18 heavy (non-hydrogen) atoms. The van der Waals surface area contributed by atoms with Crippen molar-refractivity contribution < 1.29 is 13.9 Å². The highest BCUT2D eigenvalue weighted by Crippen LogP contribution is 2.37. The fourth-order valence-electron chi connectivity index (χ4n) is 2.68. The Hall–Kier alpha value is -1.52. The predicted octanol–water partition coefficient (Wildman–Crippen LogP) is 1.75. The van der Waals surface area contributed by atoms with E-state index in [1.54, 1.807) is 7.11 Å². The Morgan fingerprint density at radius 3 is 3.11 bits per heavy atom. The number of carbonyl (C=O) groups is 1. The van der Waals surface area contributed by atoms with E-state index in [1.165, 1.54) is 0 Å². The van der Waals surface area contributed by atoms with Gasteiger partial charge < -0.3 is 15.4 Å². The Balaban J connectivity index is 1.89. The number of methoxy groups -OCH3 is 1. The van der Waals surface area contributed by atoms with Gasteiger partial charge in [-0.1, -0.05) is 6.08 Å². The molecule has 0 aromatic carbocycles. The van der Waals surface area contributed by atoms with Crippen LogP contribution in [0.2, 0.25) is 0 Å². The zero-order chi connectivity index (χ0) is 13.0. The van der Waals surface area contributed by atoms with Crippen molar-refractivity contribution in [2.45, 2.75) is 18.9 Å². The summed E-state index contributed by atoms with van der Waals surface area (Å²) in [5.41, 5.74) is 0. The second-order valence-electron chi connectivity index (χ2n) is 4.65. The third-order valence-corrected chi connectivity index (χ3v) is 3.56. The molecule has 3 unspecified atom stereocenters. The SMILES string of the molecule is COC1=CC2CCC(NC(=O)NCCF)C2C=C1. The lowest BCUT2D eigenvalue weighted by Gasteiger charge is -2.24. The smallest absolute Gasteiger partial charge is 0.315 e. The molecule has 2 amide bonds. The van der Waals surface area contributed by atoms with E-state index in [1.807, 2.05) is 6.08 Å². The summed E-state index contributed by atoms with van der Waals surface area (Å²) in [7, 11) is 1.66. The Labute approximate surface area is 106 Å². The third-order valence-electron chi connectivity index (χ3n) is 3.56. The highest BCUT2D eigenvalue weighted by molar-refractivity contribution is 5.74. The van der Waals surface area contributed by atoms with Gasteiger partial charge in [0.2, 0.25) is 0 Å². The summed E-state index contributed by atoms with van der Waals surface area (Å²) in [6.07, 6.45) is 8.13. The molecule has 2 aliphatic rings. The largest absolute Gasteiger partial charge is 0.497 e. The number of nitrogens with one attached hydrogen (secondary N) is 2. The van der Waals surface area contributed by atoms with Gasteiger partial charge in [-0.05, 0) is 30.9 Å². The van der Waals surface area contributed by atoms with E-state index < -0.39 is 6.67 Å². The van der Waals surface area contributed by atoms with Gasteiger partial charge in [-0.3, -0.25) is 0 Å². The maximum absolute atomic E-state index is 11.9. The number of rotatable bonds is 4. The van der Waals surface area contributed by atoms with Crippen LogP contribution in [0.25, 0.3) is 0 Å². The number of carbonyl (C=O) groups excluding carboxylic acids is 1. The van der Waals surface area contributed by atoms with Crippen molar-refractivity contribution in [3.05, 3.63) is 24.0 Å². The number of halogens is 1. The van der Waals surface area contributed by atoms with E-state index in [9.17, 15) is 9.18 Å². The molecule has 0 heterocycles. The summed E-state index contributed by atoms with van der Waals surface area (Å²) in [5.74, 6) is 1.63. The molecule has 0 saturated heterocycles. The van der Waals surface area contributed by atoms with E-state index in [0.717, 1.165) is 18.6 Å². The van der Waals surface area contributed by atoms with Crippen LogP contribution in [0.15, 0.2) is 24.0 Å². The molecule has 2 N–H and O–H groups in total. The molecule has 4 nitrogen and oxygen atoms in total. The van der Waals surface area contributed by atoms with E-state index in [4.69, 9.17) is 4.74 Å². The van der Waals surface area contributed by atoms with Crippen LogP contribution in [-0.2, 0) is 4.74 Å². The van der Waals surface area contributed by atoms with Gasteiger partial charge >= 0.3 is 6.03 Å². The standard InChI is InChI=1S/C13H19FN2O2/c1-18-10-3-4-11-9(8-10)2-5-12(11)16-13(17)15-7-6-14/h3-4,8-9,11-12H,2,5-7H2,1H3,(H2,15,16,17). The topological polar surface area (TPSA) is 50.4 Å². The van der Waals surface area contributed by atoms with Crippen molar-refractivity contribution in [2.75, 3.05) is 20.3 Å². The number of amides is 2. The molecule has 100 valence electrons. The minimum atomic E-state index is -0.538. The minimum Gasteiger partial charge on any atom is -0.497 e. The molecule has 5 heteroatoms. The minimum absolute atomic E-state index is 0.0657. The molecular formula is C13H19FN2O2. The van der Waals surface area contributed by atoms with Crippen LogP contribution in [0.3, 0.4) is 0 Å². The fourth-order valence-corrected chi connectivity index (χ4v) is 2.68. The number of allylic oxidation sites excluding steroid dienone is 2. The summed E-state index contributed by atoms with van der Waals surface area (Å²) < 4.78 is 17.1. The van der Waals surface area contributed by atoms with Crippen LogP contribution in [0.1, 0.15) is 12.8 Å². The first-order valence-electron chi connectivity index (χ1n) is 6.29. The molecule has 0 radical (unpaired) electrons. The van der Waals surface area contributed by atoms with Crippen molar-refractivity contribution in [3.8, 4) is 0 Å². The Morgan fingerprint density at radius 2 is 2.39 bits per heavy atom. The Bertz CT molecular complexity index is 368. The molecule has 0 bridgehead atoms. The molecule has 2 rings (SSSR count). The van der Waals surface area contributed by atoms with Crippen molar-refractivity contribution in [3.63, 3.8) is 0 Å². The van der Waals surface area contributed by atoms with Gasteiger partial charge in [0.1, 0.15) is 12.4 Å². The number of hydrogen-bond donors (Lipinski definition) is 2. The lowest BCUT2D eigenvalue weighted by Crippen LogP contribution is -2.44. The van der Waals surface area contributed by atoms with Crippen LogP contribution in [-0.4, -0.2) is 32.4 Å². The highest BCUT2D eigenvalue weighted by Gasteiger charge is 2.35. The molecule has 0 aliphatic heterocycles. The summed E-state index contributed by atoms with van der Waals surface area (Å²) in [4.78, 5) is 11.5. The maximum atomic E-state index is 11.9. The summed E-state index contributed by atoms with van der Waals surface area (Å²) in [6, 6.07) is -0.159. The summed E-state index contributed by atoms with van der Waals surface area (Å²) >= 11 is 0. The van der Waals surface area contributed by atoms with Gasteiger partial charge in [0.15, 0.2) is 0 Å². The second kappa shape index (κ2) is 5.89. The molecular weight excluding hydrogens is 235 g/mol. The summed E-state index contributed by atoms with van der Waals surface area (Å²) in [6.45, 7) is -0.472. The average molecular weight is 254 g/mol. The maximum Gasteiger partial charge on any atom is 0.315 e. The van der Waals surface area contributed by atoms with Gasteiger partial charge in [0.05, 0.1) is 7.11 Å². The predicted molar refractivity (Wildman–Crippen MR) is 66.7 cm³/mol. The zero-order valence-electron chi connectivity index (χ0n) is 10.5. The molecule has 2 aliphatic carbocycles. The second-order valence-corrected chi connectivity index (χ2v) is 4.65. The first kappa shape index (κ1) is 12.9. The highest BCUT2D eigenvalue weighted by atomic mass is 19.1. The lowest BCUT2D eigenvalue weighted by molar-refractivity contribution is 0.233. The van der Waals surface area contributed by atoms with E-state index in [-0.39, 0.29) is 18.6 Å². The van der Waals surface area contributed by atoms with Crippen LogP contribution < -0.4 is 10.6 Å².